The SMILES string of the molecule is CC(C)(C)[Si](Oc1cc(O)c(C(=O)COCc2ccccc2)c(O[Si](c2ccccc2)(c2ccccc2)C(C)(C)C)c1)(c1ccccc1)c1ccccc1.CCC(=O)c1c(C)cc(O[Si](c2ccccc2)(c2ccccc2)C(C)(C)C)cc1O[Si](c1ccccc1)(c1ccccc1)C(C)(C)C. The molecule has 0 saturated heterocycles. The number of rotatable bonds is 23. The number of carbonyl (C=O) groups excluding carboxylic acids is 2. The van der Waals surface area contributed by atoms with Gasteiger partial charge in [0.15, 0.2) is 11.6 Å². The van der Waals surface area contributed by atoms with Crippen molar-refractivity contribution in [1.29, 1.82) is 0 Å². The van der Waals surface area contributed by atoms with Crippen molar-refractivity contribution in [3.8, 4) is 28.7 Å². The van der Waals surface area contributed by atoms with Gasteiger partial charge in [0.25, 0.3) is 0 Å². The van der Waals surface area contributed by atoms with Gasteiger partial charge in [-0.25, -0.2) is 0 Å². The summed E-state index contributed by atoms with van der Waals surface area (Å²) in [4.78, 5) is 28.1. The van der Waals surface area contributed by atoms with Gasteiger partial charge in [-0.15, -0.1) is 0 Å². The first-order valence-corrected chi connectivity index (χ1v) is 42.7. The highest BCUT2D eigenvalue weighted by Gasteiger charge is 2.57. The highest BCUT2D eigenvalue weighted by atomic mass is 28.4. The lowest BCUT2D eigenvalue weighted by Gasteiger charge is -2.44. The molecular weight excluding hydrogens is 1310 g/mol. The summed E-state index contributed by atoms with van der Waals surface area (Å²) in [7, 11) is -12.4. The van der Waals surface area contributed by atoms with Crippen LogP contribution in [-0.2, 0) is 11.3 Å². The van der Waals surface area contributed by atoms with Gasteiger partial charge in [-0.3, -0.25) is 9.59 Å². The summed E-state index contributed by atoms with van der Waals surface area (Å²) < 4.78 is 36.0. The molecule has 8 nitrogen and oxygen atoms in total. The molecule has 518 valence electrons. The van der Waals surface area contributed by atoms with E-state index in [1.807, 2.05) is 147 Å². The number of hydrogen-bond donors (Lipinski definition) is 1. The lowest BCUT2D eigenvalue weighted by Crippen LogP contribution is -2.69. The van der Waals surface area contributed by atoms with Crippen molar-refractivity contribution < 1.29 is 37.1 Å². The number of Topliss-reactive ketones (excluding diaryl/α,β-unsaturated/α-hetero) is 2. The number of hydrogen-bond acceptors (Lipinski definition) is 8. The fourth-order valence-corrected chi connectivity index (χ4v) is 32.2. The molecule has 0 aliphatic carbocycles. The Kier molecular flexibility index (Phi) is 23.0. The quantitative estimate of drug-likeness (QED) is 0.0499. The van der Waals surface area contributed by atoms with E-state index in [1.54, 1.807) is 6.07 Å². The maximum atomic E-state index is 14.3. The van der Waals surface area contributed by atoms with Crippen LogP contribution in [0.1, 0.15) is 128 Å². The van der Waals surface area contributed by atoms with Crippen LogP contribution in [0.25, 0.3) is 0 Å². The Balaban J connectivity index is 0.000000220. The van der Waals surface area contributed by atoms with Gasteiger partial charge < -0.3 is 27.5 Å². The van der Waals surface area contributed by atoms with Crippen molar-refractivity contribution in [2.24, 2.45) is 0 Å². The molecule has 11 rings (SSSR count). The first-order valence-electron chi connectivity index (χ1n) is 35.1. The zero-order valence-electron chi connectivity index (χ0n) is 61.2. The second-order valence-corrected chi connectivity index (χ2v) is 47.1. The first-order chi connectivity index (χ1) is 48.2. The van der Waals surface area contributed by atoms with Crippen molar-refractivity contribution in [2.45, 2.75) is 130 Å². The minimum atomic E-state index is -3.27. The summed E-state index contributed by atoms with van der Waals surface area (Å²) in [5.41, 5.74) is 2.52. The smallest absolute Gasteiger partial charge is 0.319 e. The third-order valence-corrected chi connectivity index (χ3v) is 39.0. The van der Waals surface area contributed by atoms with Crippen molar-refractivity contribution in [1.82, 2.24) is 0 Å². The van der Waals surface area contributed by atoms with Gasteiger partial charge in [-0.1, -0.05) is 363 Å². The molecule has 0 heterocycles. The molecule has 11 aromatic carbocycles. The van der Waals surface area contributed by atoms with Crippen LogP contribution >= 0.6 is 0 Å². The second kappa shape index (κ2) is 31.2. The highest BCUT2D eigenvalue weighted by Crippen LogP contribution is 2.46. The molecule has 0 bridgehead atoms. The number of phenolic OH excluding ortho intramolecular Hbond substituents is 1. The van der Waals surface area contributed by atoms with Crippen LogP contribution in [0, 0.1) is 6.92 Å². The molecule has 0 fully saturated rings. The molecule has 0 unspecified atom stereocenters. The normalized spacial score (nSPS) is 12.3. The van der Waals surface area contributed by atoms with E-state index in [2.05, 4.69) is 241 Å². The third kappa shape index (κ3) is 15.4. The second-order valence-electron chi connectivity index (χ2n) is 30.2. The van der Waals surface area contributed by atoms with E-state index >= 15 is 0 Å². The molecule has 0 radical (unpaired) electrons. The van der Waals surface area contributed by atoms with Crippen molar-refractivity contribution in [2.75, 3.05) is 6.61 Å². The average molecular weight is 1410 g/mol. The first kappa shape index (κ1) is 74.3. The van der Waals surface area contributed by atoms with E-state index in [0.717, 1.165) is 48.0 Å². The minimum absolute atomic E-state index is 0.0624. The molecule has 101 heavy (non-hydrogen) atoms. The van der Waals surface area contributed by atoms with E-state index in [1.165, 1.54) is 10.4 Å². The van der Waals surface area contributed by atoms with Crippen LogP contribution in [-0.4, -0.2) is 56.5 Å². The summed E-state index contributed by atoms with van der Waals surface area (Å²) >= 11 is 0. The van der Waals surface area contributed by atoms with Gasteiger partial charge >= 0.3 is 33.3 Å². The average Bonchev–Trinajstić information content (AvgIpc) is 0.746. The van der Waals surface area contributed by atoms with Crippen LogP contribution in [0.4, 0.5) is 0 Å². The Morgan fingerprint density at radius 2 is 0.574 bits per heavy atom. The van der Waals surface area contributed by atoms with Crippen molar-refractivity contribution in [3.05, 3.63) is 320 Å². The van der Waals surface area contributed by atoms with E-state index in [0.29, 0.717) is 23.5 Å². The van der Waals surface area contributed by atoms with Gasteiger partial charge in [0.1, 0.15) is 40.9 Å². The van der Waals surface area contributed by atoms with E-state index in [9.17, 15) is 14.7 Å². The summed E-state index contributed by atoms with van der Waals surface area (Å²) in [6.45, 7) is 30.8. The summed E-state index contributed by atoms with van der Waals surface area (Å²) in [6.07, 6.45) is 0.382. The van der Waals surface area contributed by atoms with Gasteiger partial charge in [0.2, 0.25) is 0 Å². The van der Waals surface area contributed by atoms with Crippen LogP contribution in [0.5, 0.6) is 28.7 Å². The fraction of sp³-hybridized carbons (Fsp3) is 0.236. The Bertz CT molecular complexity index is 4340. The maximum Gasteiger partial charge on any atom is 0.319 e. The molecule has 11 aromatic rings. The molecule has 0 aliphatic heterocycles. The van der Waals surface area contributed by atoms with E-state index < -0.39 is 38.3 Å². The number of carbonyl (C=O) groups is 2. The van der Waals surface area contributed by atoms with Crippen LogP contribution in [0.2, 0.25) is 20.2 Å². The number of ether oxygens (including phenoxy) is 1. The number of phenols is 1. The summed E-state index contributed by atoms with van der Waals surface area (Å²) in [5.74, 6) is 1.48. The van der Waals surface area contributed by atoms with E-state index in [-0.39, 0.29) is 57.0 Å². The standard InChI is InChI=1S/C47H50O5Si2.C42H48O3Si2/c1-46(2,3)53(38-24-14-8-15-25-38,39-26-16-9-17-27-39)51-37-32-42(48)45(43(49)35-50-34-36-22-12-7-13-23-36)44(33-37)52-54(47(4,5)6,40-28-18-10-19-29-40)41-30-20-11-21-31-41;1-9-38(43)40-32(2)30-33(44-46(41(3,4)5,34-22-14-10-15-23-34)35-24-16-11-17-25-35)31-39(40)45-47(42(6,7)8,36-26-18-12-19-27-36)37-28-20-13-21-29-37/h7-33,48H,34-35H2,1-6H3;10-31H,9H2,1-8H3. The molecule has 1 N–H and O–H groups in total. The maximum absolute atomic E-state index is 14.3. The predicted octanol–water partition coefficient (Wildman–Crippen LogP) is 17.1. The molecule has 0 saturated carbocycles. The number of aryl methyl sites for hydroxylation is 1. The van der Waals surface area contributed by atoms with Gasteiger partial charge in [0, 0.05) is 24.6 Å². The molecule has 0 spiro atoms. The summed E-state index contributed by atoms with van der Waals surface area (Å²) in [5, 5.41) is 19.8. The number of benzene rings is 11. The summed E-state index contributed by atoms with van der Waals surface area (Å²) in [6, 6.07) is 101. The van der Waals surface area contributed by atoms with Crippen molar-refractivity contribution >= 4 is 86.3 Å². The topological polar surface area (TPSA) is 101 Å². The van der Waals surface area contributed by atoms with Crippen molar-refractivity contribution in [3.63, 3.8) is 0 Å². The highest BCUT2D eigenvalue weighted by molar-refractivity contribution is 7.02. The Labute approximate surface area is 604 Å². The Morgan fingerprint density at radius 1 is 0.327 bits per heavy atom. The number of ketones is 2. The fourth-order valence-electron chi connectivity index (χ4n) is 14.6. The lowest BCUT2D eigenvalue weighted by atomic mass is 10.0. The minimum Gasteiger partial charge on any atom is -0.534 e. The van der Waals surface area contributed by atoms with Crippen LogP contribution < -0.4 is 59.2 Å². The Hall–Kier alpha value is -9.41. The molecule has 0 aromatic heterocycles. The molecule has 0 atom stereocenters. The number of aromatic hydroxyl groups is 1. The predicted molar refractivity (Wildman–Crippen MR) is 427 cm³/mol. The van der Waals surface area contributed by atoms with E-state index in [4.69, 9.17) is 22.4 Å². The van der Waals surface area contributed by atoms with Crippen LogP contribution in [0.3, 0.4) is 0 Å². The monoisotopic (exact) mass is 1410 g/mol. The van der Waals surface area contributed by atoms with Gasteiger partial charge in [-0.2, -0.15) is 0 Å². The molecular formula is C89H98O8Si4. The third-order valence-electron chi connectivity index (χ3n) is 19.3. The molecule has 0 amide bonds. The Morgan fingerprint density at radius 3 is 0.842 bits per heavy atom. The molecule has 0 aliphatic rings. The van der Waals surface area contributed by atoms with Crippen LogP contribution in [0.15, 0.2) is 297 Å². The zero-order chi connectivity index (χ0) is 72.3. The zero-order valence-corrected chi connectivity index (χ0v) is 65.2. The van der Waals surface area contributed by atoms with Gasteiger partial charge in [-0.05, 0) is 85.8 Å². The largest absolute Gasteiger partial charge is 0.534 e. The lowest BCUT2D eigenvalue weighted by molar-refractivity contribution is 0.0722. The van der Waals surface area contributed by atoms with Gasteiger partial charge in [0.05, 0.1) is 12.2 Å². The molecule has 12 heteroatoms.